The number of Topliss-reactive ketones (excluding diaryl/α,β-unsaturated/α-hetero) is 2. The lowest BCUT2D eigenvalue weighted by Crippen LogP contribution is -2.50. The van der Waals surface area contributed by atoms with Crippen molar-refractivity contribution in [3.63, 3.8) is 0 Å². The lowest BCUT2D eigenvalue weighted by atomic mass is 9.78. The van der Waals surface area contributed by atoms with Crippen LogP contribution in [0.5, 0.6) is 11.5 Å². The molecule has 82 heavy (non-hydrogen) atoms. The van der Waals surface area contributed by atoms with E-state index in [1.807, 2.05) is 0 Å². The number of ether oxygens (including phenoxy) is 5. The monoisotopic (exact) mass is 1170 g/mol. The Labute approximate surface area is 481 Å². The fourth-order valence-corrected chi connectivity index (χ4v) is 12.1. The minimum Gasteiger partial charge on any atom is -0.507 e. The van der Waals surface area contributed by atoms with Crippen molar-refractivity contribution in [3.05, 3.63) is 99.6 Å². The summed E-state index contributed by atoms with van der Waals surface area (Å²) in [6.45, 7) is 18.6. The summed E-state index contributed by atoms with van der Waals surface area (Å²) in [6, 6.07) is 6.77. The van der Waals surface area contributed by atoms with Crippen molar-refractivity contribution in [1.82, 2.24) is 20.4 Å². The number of phenols is 1. The molecular weight excluding hydrogens is 1090 g/mol. The van der Waals surface area contributed by atoms with Crippen LogP contribution < -0.4 is 20.7 Å². The number of carbonyl (C=O) groups excluding carboxylic acids is 6. The minimum atomic E-state index is -2.04. The molecule has 2 amide bonds. The van der Waals surface area contributed by atoms with Crippen LogP contribution in [-0.2, 0) is 53.7 Å². The van der Waals surface area contributed by atoms with E-state index in [1.54, 1.807) is 78.1 Å². The van der Waals surface area contributed by atoms with Crippen molar-refractivity contribution in [2.45, 2.75) is 130 Å². The first-order valence-electron chi connectivity index (χ1n) is 27.6. The Balaban J connectivity index is 1.23. The van der Waals surface area contributed by atoms with Crippen molar-refractivity contribution >= 4 is 63.6 Å². The van der Waals surface area contributed by atoms with Gasteiger partial charge in [0.05, 0.1) is 54.1 Å². The summed E-state index contributed by atoms with van der Waals surface area (Å²) in [5.74, 6) is -9.00. The van der Waals surface area contributed by atoms with Gasteiger partial charge in [-0.15, -0.1) is 0 Å². The van der Waals surface area contributed by atoms with Crippen LogP contribution in [-0.4, -0.2) is 149 Å². The van der Waals surface area contributed by atoms with Crippen molar-refractivity contribution < 1.29 is 71.8 Å². The molecule has 0 radical (unpaired) electrons. The van der Waals surface area contributed by atoms with Gasteiger partial charge in [0.2, 0.25) is 11.7 Å². The number of aliphatic hydroxyl groups excluding tert-OH is 1. The number of carbonyl (C=O) groups is 6. The Morgan fingerprint density at radius 1 is 0.927 bits per heavy atom. The number of fused-ring (bicyclic) bond motifs is 13. The predicted octanol–water partition coefficient (Wildman–Crippen LogP) is 7.19. The van der Waals surface area contributed by atoms with Crippen LogP contribution in [0.15, 0.2) is 76.8 Å². The smallest absolute Gasteiger partial charge is 0.320 e. The predicted molar refractivity (Wildman–Crippen MR) is 306 cm³/mol. The van der Waals surface area contributed by atoms with Crippen molar-refractivity contribution in [2.24, 2.45) is 34.6 Å². The van der Waals surface area contributed by atoms with Gasteiger partial charge in [-0.25, -0.2) is 0 Å². The van der Waals surface area contributed by atoms with E-state index in [0.29, 0.717) is 44.0 Å². The normalized spacial score (nSPS) is 28.5. The highest BCUT2D eigenvalue weighted by atomic mass is 31.1. The molecule has 1 saturated heterocycles. The lowest BCUT2D eigenvalue weighted by molar-refractivity contribution is -0.165. The summed E-state index contributed by atoms with van der Waals surface area (Å²) in [4.78, 5) is 93.2. The highest BCUT2D eigenvalue weighted by Crippen LogP contribution is 2.50. The molecule has 1 aliphatic carbocycles. The number of hydrogen-bond donors (Lipinski definition) is 5. The summed E-state index contributed by atoms with van der Waals surface area (Å²) < 4.78 is 53.1. The van der Waals surface area contributed by atoms with E-state index in [0.717, 1.165) is 12.1 Å². The second-order valence-electron chi connectivity index (χ2n) is 22.8. The maximum Gasteiger partial charge on any atom is 0.320 e. The largest absolute Gasteiger partial charge is 0.507 e. The van der Waals surface area contributed by atoms with E-state index in [1.165, 1.54) is 51.2 Å². The number of allylic oxidation sites excluding steroid dienone is 4. The SMILES string of the molecule is CO[C@H]1/C=C/O[C@@]2(C)Oc3c(C)c(O)c4c(c3C2=O)C2=NC3(CCN(CC(C)C)CC3)NC2=C(NC(=O)/C(C)=C\C=C\[C@H](C)[C@H](OC(=O)CN(C)CC(=O)Nc2ccc(CC(P=O)P=O)cc2)[C@@H](C)[C@@H](O)[C@@H](C)[C@H](OC(C)=O)[C@@H]1C)C4=O. The third-order valence-electron chi connectivity index (χ3n) is 15.9. The minimum absolute atomic E-state index is 0.00910. The number of amides is 2. The zero-order valence-electron chi connectivity index (χ0n) is 48.6. The number of likely N-dealkylation sites (tertiary alicyclic amines) is 1. The number of nitrogens with zero attached hydrogens (tertiary/aromatic N) is 3. The molecular formula is C59H76N6O15P2. The number of nitrogens with one attached hydrogen (secondary N) is 3. The van der Waals surface area contributed by atoms with Crippen molar-refractivity contribution in [3.8, 4) is 11.5 Å². The summed E-state index contributed by atoms with van der Waals surface area (Å²) in [7, 11) is 2.51. The quantitative estimate of drug-likeness (QED) is 0.0924. The molecule has 1 fully saturated rings. The number of aliphatic hydroxyl groups is 1. The third-order valence-corrected chi connectivity index (χ3v) is 17.3. The molecule has 5 bridgehead atoms. The molecule has 9 atom stereocenters. The Morgan fingerprint density at radius 3 is 2.21 bits per heavy atom. The second-order valence-corrected chi connectivity index (χ2v) is 24.9. The fraction of sp³-hybridized carbons (Fsp3) is 0.542. The van der Waals surface area contributed by atoms with Crippen LogP contribution in [0.25, 0.3) is 0 Å². The maximum absolute atomic E-state index is 15.0. The average molecular weight is 1170 g/mol. The number of aliphatic imine (C=N–C) groups is 1. The van der Waals surface area contributed by atoms with Gasteiger partial charge in [0.15, 0.2) is 16.9 Å². The molecule has 1 spiro atoms. The molecule has 0 saturated carbocycles. The summed E-state index contributed by atoms with van der Waals surface area (Å²) in [5, 5.41) is 32.8. The molecule has 2 aromatic carbocycles. The van der Waals surface area contributed by atoms with Gasteiger partial charge >= 0.3 is 17.7 Å². The highest BCUT2D eigenvalue weighted by Gasteiger charge is 2.54. The first-order chi connectivity index (χ1) is 38.7. The molecule has 21 nitrogen and oxygen atoms in total. The maximum atomic E-state index is 15.0. The van der Waals surface area contributed by atoms with Gasteiger partial charge in [0.25, 0.3) is 11.7 Å². The van der Waals surface area contributed by atoms with Gasteiger partial charge in [-0.1, -0.05) is 71.9 Å². The van der Waals surface area contributed by atoms with Gasteiger partial charge in [-0.3, -0.25) is 47.8 Å². The Kier molecular flexibility index (Phi) is 20.3. The van der Waals surface area contributed by atoms with E-state index in [-0.39, 0.29) is 80.7 Å². The number of hydrogen-bond acceptors (Lipinski definition) is 19. The Morgan fingerprint density at radius 2 is 1.59 bits per heavy atom. The van der Waals surface area contributed by atoms with Crippen LogP contribution in [0.3, 0.4) is 0 Å². The first-order valence-corrected chi connectivity index (χ1v) is 29.4. The lowest BCUT2D eigenvalue weighted by Gasteiger charge is -2.39. The molecule has 8 rings (SSSR count). The topological polar surface area (TPSA) is 278 Å². The van der Waals surface area contributed by atoms with Gasteiger partial charge in [-0.2, -0.15) is 0 Å². The standard InChI is InChI=1S/C59H76N6O15P2/c1-30(2)27-65-23-21-59(22-24-65)62-47-44-45-51(70)36(8)55-46(44)56(72)58(10,80-55)77-25-20-40(76-12)33(5)54(78-37(9)66)35(7)50(69)34(6)53(31(3)14-13-15-32(4)57(73)61-49(52(45)71)48(47)63-59)79-42(68)29-64(11)28-41(67)60-39-18-16-38(17-19-39)26-43(81-74)82-75/h13-20,25,30-31,33-35,40,43,50,53-54,63,69-70H,21-24,26-29H2,1-12H3,(H,60,67)(H,61,73)/b14-13+,25-20+,32-15-/t31-,33+,34-,35+,40-,50+,53-,54+,58-/m0/s1. The molecule has 5 N–H and O–H groups in total. The summed E-state index contributed by atoms with van der Waals surface area (Å²) in [5.41, 5.74) is 0.577. The van der Waals surface area contributed by atoms with Gasteiger partial charge in [0, 0.05) is 99.5 Å². The van der Waals surface area contributed by atoms with E-state index in [4.69, 9.17) is 28.7 Å². The van der Waals surface area contributed by atoms with E-state index in [2.05, 4.69) is 34.7 Å². The molecule has 0 aromatic heterocycles. The van der Waals surface area contributed by atoms with Crippen LogP contribution in [0.1, 0.15) is 113 Å². The number of anilines is 1. The molecule has 442 valence electrons. The van der Waals surface area contributed by atoms with Crippen molar-refractivity contribution in [2.75, 3.05) is 52.2 Å². The highest BCUT2D eigenvalue weighted by molar-refractivity contribution is 7.44. The second kappa shape index (κ2) is 26.4. The number of esters is 2. The number of piperidine rings is 1. The van der Waals surface area contributed by atoms with Crippen LogP contribution >= 0.6 is 16.9 Å². The molecule has 5 heterocycles. The van der Waals surface area contributed by atoms with Crippen LogP contribution in [0, 0.1) is 36.5 Å². The zero-order valence-corrected chi connectivity index (χ0v) is 50.4. The van der Waals surface area contributed by atoms with E-state index >= 15 is 0 Å². The Bertz CT molecular complexity index is 3000. The van der Waals surface area contributed by atoms with E-state index < -0.39 is 106 Å². The molecule has 2 aromatic rings. The number of ketones is 2. The average Bonchev–Trinajstić information content (AvgIpc) is 1.70. The zero-order chi connectivity index (χ0) is 60.1. The van der Waals surface area contributed by atoms with Gasteiger partial charge < -0.3 is 54.7 Å². The summed E-state index contributed by atoms with van der Waals surface area (Å²) in [6.07, 6.45) is 4.66. The van der Waals surface area contributed by atoms with E-state index in [9.17, 15) is 48.1 Å². The third kappa shape index (κ3) is 13.8. The molecule has 6 aliphatic rings. The first kappa shape index (κ1) is 63.1. The summed E-state index contributed by atoms with van der Waals surface area (Å²) >= 11 is 0. The number of phenolic OH excluding ortho intramolecular Hbond substituents is 1. The van der Waals surface area contributed by atoms with Crippen molar-refractivity contribution in [1.29, 1.82) is 0 Å². The fourth-order valence-electron chi connectivity index (χ4n) is 11.4. The number of aromatic hydroxyl groups is 1. The number of likely N-dealkylation sites (N-methyl/N-ethyl adjacent to an activating group) is 1. The molecule has 5 aliphatic heterocycles. The van der Waals surface area contributed by atoms with Crippen LogP contribution in [0.2, 0.25) is 0 Å². The Hall–Kier alpha value is -6.47. The van der Waals surface area contributed by atoms with Gasteiger partial charge in [0.1, 0.15) is 40.5 Å². The number of benzene rings is 2. The molecule has 0 unspecified atom stereocenters. The van der Waals surface area contributed by atoms with Crippen LogP contribution in [0.4, 0.5) is 5.69 Å². The number of rotatable bonds is 14. The number of methoxy groups -OCH3 is 1. The van der Waals surface area contributed by atoms with Gasteiger partial charge in [-0.05, 0) is 57.0 Å². The molecule has 23 heteroatoms.